The van der Waals surface area contributed by atoms with Gasteiger partial charge in [0.25, 0.3) is 0 Å². The number of hydrogen-bond acceptors (Lipinski definition) is 5. The molecule has 5 heteroatoms. The van der Waals surface area contributed by atoms with Crippen LogP contribution in [0.1, 0.15) is 60.8 Å². The fourth-order valence-corrected chi connectivity index (χ4v) is 3.20. The molecule has 1 aliphatic rings. The van der Waals surface area contributed by atoms with Crippen LogP contribution < -0.4 is 0 Å². The van der Waals surface area contributed by atoms with Crippen molar-refractivity contribution in [1.29, 1.82) is 0 Å². The third-order valence-corrected chi connectivity index (χ3v) is 4.51. The smallest absolute Gasteiger partial charge is 0.465 e. The zero-order valence-electron chi connectivity index (χ0n) is 15.4. The third kappa shape index (κ3) is 6.40. The highest BCUT2D eigenvalue weighted by Crippen LogP contribution is 2.34. The summed E-state index contributed by atoms with van der Waals surface area (Å²) in [5.41, 5.74) is -0.672. The van der Waals surface area contributed by atoms with Gasteiger partial charge in [0.1, 0.15) is 18.6 Å². The van der Waals surface area contributed by atoms with Crippen molar-refractivity contribution in [2.45, 2.75) is 60.8 Å². The quantitative estimate of drug-likeness (QED) is 0.625. The van der Waals surface area contributed by atoms with Gasteiger partial charge in [-0.1, -0.05) is 41.0 Å². The number of esters is 1. The van der Waals surface area contributed by atoms with E-state index in [0.29, 0.717) is 12.5 Å². The number of cyclic esters (lactones) is 2. The fourth-order valence-electron chi connectivity index (χ4n) is 3.20. The molecule has 0 amide bonds. The molecular formula is C18H32O5. The first kappa shape index (κ1) is 19.8. The Hall–Kier alpha value is -1.26. The molecule has 1 fully saturated rings. The standard InChI is InChI=1S/C18H32O5/c1-7-13(2)8-17(4,5)9-14(3)10-21-15(19)18(6)11-22-16(20)23-12-18/h13-14H,7-12H2,1-6H3. The van der Waals surface area contributed by atoms with E-state index in [1.807, 2.05) is 0 Å². The van der Waals surface area contributed by atoms with Crippen LogP contribution in [0.25, 0.3) is 0 Å². The maximum absolute atomic E-state index is 12.2. The number of hydrogen-bond donors (Lipinski definition) is 0. The van der Waals surface area contributed by atoms with Crippen molar-refractivity contribution in [3.63, 3.8) is 0 Å². The van der Waals surface area contributed by atoms with E-state index in [9.17, 15) is 9.59 Å². The molecule has 1 saturated heterocycles. The molecule has 1 aliphatic heterocycles. The summed E-state index contributed by atoms with van der Waals surface area (Å²) in [7, 11) is 0. The van der Waals surface area contributed by atoms with Crippen LogP contribution in [-0.2, 0) is 19.0 Å². The molecule has 2 atom stereocenters. The van der Waals surface area contributed by atoms with Crippen molar-refractivity contribution in [1.82, 2.24) is 0 Å². The first-order valence-corrected chi connectivity index (χ1v) is 8.55. The van der Waals surface area contributed by atoms with Crippen LogP contribution in [0.4, 0.5) is 4.79 Å². The van der Waals surface area contributed by atoms with E-state index in [1.54, 1.807) is 6.92 Å². The molecule has 2 unspecified atom stereocenters. The van der Waals surface area contributed by atoms with Crippen LogP contribution in [0.3, 0.4) is 0 Å². The zero-order chi connectivity index (χ0) is 17.7. The zero-order valence-corrected chi connectivity index (χ0v) is 15.4. The predicted molar refractivity (Wildman–Crippen MR) is 88.0 cm³/mol. The second kappa shape index (κ2) is 8.02. The second-order valence-electron chi connectivity index (χ2n) is 8.18. The molecule has 0 radical (unpaired) electrons. The molecule has 134 valence electrons. The van der Waals surface area contributed by atoms with E-state index >= 15 is 0 Å². The highest BCUT2D eigenvalue weighted by Gasteiger charge is 2.42. The Bertz CT molecular complexity index is 406. The molecule has 0 saturated carbocycles. The molecule has 0 N–H and O–H groups in total. The van der Waals surface area contributed by atoms with Crippen molar-refractivity contribution in [3.8, 4) is 0 Å². The van der Waals surface area contributed by atoms with Crippen LogP contribution in [-0.4, -0.2) is 31.9 Å². The van der Waals surface area contributed by atoms with Gasteiger partial charge in [0.15, 0.2) is 0 Å². The number of carbonyl (C=O) groups excluding carboxylic acids is 2. The van der Waals surface area contributed by atoms with Crippen LogP contribution in [0.2, 0.25) is 0 Å². The molecule has 1 rings (SSSR count). The summed E-state index contributed by atoms with van der Waals surface area (Å²) in [6, 6.07) is 0. The number of ether oxygens (including phenoxy) is 3. The molecule has 0 aliphatic carbocycles. The Morgan fingerprint density at radius 3 is 2.26 bits per heavy atom. The Morgan fingerprint density at radius 2 is 1.74 bits per heavy atom. The first-order chi connectivity index (χ1) is 10.6. The Morgan fingerprint density at radius 1 is 1.22 bits per heavy atom. The van der Waals surface area contributed by atoms with Gasteiger partial charge in [-0.2, -0.15) is 0 Å². The minimum absolute atomic E-state index is 0.0125. The molecule has 0 aromatic rings. The normalized spacial score (nSPS) is 20.2. The van der Waals surface area contributed by atoms with Gasteiger partial charge in [-0.15, -0.1) is 0 Å². The van der Waals surface area contributed by atoms with Crippen molar-refractivity contribution in [2.75, 3.05) is 19.8 Å². The van der Waals surface area contributed by atoms with E-state index in [4.69, 9.17) is 14.2 Å². The molecule has 5 nitrogen and oxygen atoms in total. The monoisotopic (exact) mass is 328 g/mol. The van der Waals surface area contributed by atoms with Crippen LogP contribution in [0.5, 0.6) is 0 Å². The molecule has 0 spiro atoms. The van der Waals surface area contributed by atoms with E-state index < -0.39 is 11.6 Å². The van der Waals surface area contributed by atoms with Gasteiger partial charge in [0.05, 0.1) is 6.61 Å². The predicted octanol–water partition coefficient (Wildman–Crippen LogP) is 4.19. The van der Waals surface area contributed by atoms with E-state index in [0.717, 1.165) is 6.42 Å². The number of rotatable bonds is 8. The lowest BCUT2D eigenvalue weighted by molar-refractivity contribution is -0.167. The summed E-state index contributed by atoms with van der Waals surface area (Å²) in [6.45, 7) is 13.2. The Kier molecular flexibility index (Phi) is 6.90. The average Bonchev–Trinajstić information content (AvgIpc) is 2.46. The SMILES string of the molecule is CCC(C)CC(C)(C)CC(C)COC(=O)C1(C)COC(=O)OC1. The lowest BCUT2D eigenvalue weighted by Gasteiger charge is -2.32. The minimum Gasteiger partial charge on any atom is -0.465 e. The van der Waals surface area contributed by atoms with Crippen LogP contribution in [0, 0.1) is 22.7 Å². The highest BCUT2D eigenvalue weighted by atomic mass is 16.7. The lowest BCUT2D eigenvalue weighted by Crippen LogP contribution is -2.44. The summed E-state index contributed by atoms with van der Waals surface area (Å²) in [6.07, 6.45) is 2.63. The van der Waals surface area contributed by atoms with E-state index in [1.165, 1.54) is 12.8 Å². The molecule has 0 bridgehead atoms. The summed E-state index contributed by atoms with van der Waals surface area (Å²) in [5.74, 6) is 0.623. The second-order valence-corrected chi connectivity index (χ2v) is 8.18. The van der Waals surface area contributed by atoms with Gasteiger partial charge in [0, 0.05) is 0 Å². The maximum Gasteiger partial charge on any atom is 0.508 e. The van der Waals surface area contributed by atoms with Gasteiger partial charge in [-0.25, -0.2) is 4.79 Å². The van der Waals surface area contributed by atoms with E-state index in [2.05, 4.69) is 34.6 Å². The van der Waals surface area contributed by atoms with Crippen LogP contribution >= 0.6 is 0 Å². The number of carbonyl (C=O) groups is 2. The van der Waals surface area contributed by atoms with Crippen molar-refractivity contribution in [2.24, 2.45) is 22.7 Å². The Balaban J connectivity index is 2.41. The van der Waals surface area contributed by atoms with Crippen molar-refractivity contribution in [3.05, 3.63) is 0 Å². The molecular weight excluding hydrogens is 296 g/mol. The van der Waals surface area contributed by atoms with Gasteiger partial charge >= 0.3 is 12.1 Å². The van der Waals surface area contributed by atoms with E-state index in [-0.39, 0.29) is 30.5 Å². The summed E-state index contributed by atoms with van der Waals surface area (Å²) in [5, 5.41) is 0. The summed E-state index contributed by atoms with van der Waals surface area (Å²) >= 11 is 0. The average molecular weight is 328 g/mol. The van der Waals surface area contributed by atoms with Gasteiger partial charge in [-0.05, 0) is 37.0 Å². The third-order valence-electron chi connectivity index (χ3n) is 4.51. The van der Waals surface area contributed by atoms with Gasteiger partial charge < -0.3 is 14.2 Å². The molecule has 0 aromatic heterocycles. The minimum atomic E-state index is -0.903. The van der Waals surface area contributed by atoms with Crippen molar-refractivity contribution >= 4 is 12.1 Å². The lowest BCUT2D eigenvalue weighted by atomic mass is 9.76. The van der Waals surface area contributed by atoms with Gasteiger partial charge in [0.2, 0.25) is 0 Å². The van der Waals surface area contributed by atoms with Gasteiger partial charge in [-0.3, -0.25) is 4.79 Å². The van der Waals surface area contributed by atoms with Crippen molar-refractivity contribution < 1.29 is 23.8 Å². The van der Waals surface area contributed by atoms with Crippen LogP contribution in [0.15, 0.2) is 0 Å². The highest BCUT2D eigenvalue weighted by molar-refractivity contribution is 5.78. The topological polar surface area (TPSA) is 61.8 Å². The maximum atomic E-state index is 12.2. The fraction of sp³-hybridized carbons (Fsp3) is 0.889. The first-order valence-electron chi connectivity index (χ1n) is 8.55. The summed E-state index contributed by atoms with van der Waals surface area (Å²) in [4.78, 5) is 23.1. The molecule has 0 aromatic carbocycles. The molecule has 1 heterocycles. The summed E-state index contributed by atoms with van der Waals surface area (Å²) < 4.78 is 15.0. The molecule has 23 heavy (non-hydrogen) atoms. The largest absolute Gasteiger partial charge is 0.508 e. The Labute approximate surface area is 140 Å².